The van der Waals surface area contributed by atoms with E-state index in [-0.39, 0.29) is 11.8 Å². The minimum absolute atomic E-state index is 0.0295. The predicted molar refractivity (Wildman–Crippen MR) is 63.3 cm³/mol. The molecule has 2 nitrogen and oxygen atoms in total. The first kappa shape index (κ1) is 12.2. The van der Waals surface area contributed by atoms with Crippen LogP contribution in [0.4, 0.5) is 0 Å². The van der Waals surface area contributed by atoms with Gasteiger partial charge in [0, 0.05) is 23.0 Å². The molecular formula is C12H16ClNO. The van der Waals surface area contributed by atoms with Crippen molar-refractivity contribution in [1.82, 2.24) is 0 Å². The molecule has 0 aliphatic rings. The van der Waals surface area contributed by atoms with Crippen molar-refractivity contribution in [2.75, 3.05) is 0 Å². The van der Waals surface area contributed by atoms with Crippen molar-refractivity contribution < 1.29 is 4.79 Å². The van der Waals surface area contributed by atoms with Crippen LogP contribution in [0.25, 0.3) is 0 Å². The molecule has 3 heteroatoms. The van der Waals surface area contributed by atoms with Gasteiger partial charge in [-0.05, 0) is 30.7 Å². The van der Waals surface area contributed by atoms with Crippen LogP contribution in [-0.4, -0.2) is 11.8 Å². The molecule has 0 bridgehead atoms. The molecule has 0 aliphatic heterocycles. The minimum Gasteiger partial charge on any atom is -0.327 e. The summed E-state index contributed by atoms with van der Waals surface area (Å²) in [7, 11) is 0. The van der Waals surface area contributed by atoms with Crippen molar-refractivity contribution in [3.05, 3.63) is 34.9 Å². The predicted octanol–water partition coefficient (Wildman–Crippen LogP) is 3.04. The lowest BCUT2D eigenvalue weighted by atomic mass is 10.0. The summed E-state index contributed by atoms with van der Waals surface area (Å²) in [4.78, 5) is 11.7. The van der Waals surface area contributed by atoms with E-state index < -0.39 is 0 Å². The van der Waals surface area contributed by atoms with Crippen molar-refractivity contribution in [2.24, 2.45) is 5.73 Å². The van der Waals surface area contributed by atoms with Crippen LogP contribution >= 0.6 is 11.6 Å². The molecular weight excluding hydrogens is 210 g/mol. The van der Waals surface area contributed by atoms with Crippen LogP contribution in [0.1, 0.15) is 36.5 Å². The summed E-state index contributed by atoms with van der Waals surface area (Å²) in [5.41, 5.74) is 6.49. The minimum atomic E-state index is -0.0295. The Hall–Kier alpha value is -0.860. The highest BCUT2D eigenvalue weighted by Crippen LogP contribution is 2.12. The molecule has 0 radical (unpaired) electrons. The second-order valence-electron chi connectivity index (χ2n) is 3.68. The van der Waals surface area contributed by atoms with Crippen molar-refractivity contribution in [3.8, 4) is 0 Å². The molecule has 1 unspecified atom stereocenters. The summed E-state index contributed by atoms with van der Waals surface area (Å²) in [6, 6.07) is 6.89. The Morgan fingerprint density at radius 1 is 1.40 bits per heavy atom. The topological polar surface area (TPSA) is 43.1 Å². The molecule has 0 spiro atoms. The highest BCUT2D eigenvalue weighted by molar-refractivity contribution is 6.30. The Bertz CT molecular complexity index is 321. The van der Waals surface area contributed by atoms with Crippen LogP contribution in [0.5, 0.6) is 0 Å². The molecule has 1 aromatic rings. The number of carbonyl (C=O) groups excluding carboxylic acids is 1. The normalized spacial score (nSPS) is 12.5. The van der Waals surface area contributed by atoms with E-state index in [9.17, 15) is 4.79 Å². The molecule has 1 atom stereocenters. The zero-order valence-electron chi connectivity index (χ0n) is 8.87. The first-order valence-electron chi connectivity index (χ1n) is 5.17. The van der Waals surface area contributed by atoms with Gasteiger partial charge in [-0.25, -0.2) is 0 Å². The zero-order chi connectivity index (χ0) is 11.3. The van der Waals surface area contributed by atoms with Gasteiger partial charge >= 0.3 is 0 Å². The second kappa shape index (κ2) is 5.89. The van der Waals surface area contributed by atoms with Gasteiger partial charge < -0.3 is 5.73 Å². The summed E-state index contributed by atoms with van der Waals surface area (Å²) < 4.78 is 0. The number of hydrogen-bond acceptors (Lipinski definition) is 2. The molecule has 1 aromatic carbocycles. The molecule has 82 valence electrons. The summed E-state index contributed by atoms with van der Waals surface area (Å²) in [5.74, 6) is 0.0904. The van der Waals surface area contributed by atoms with E-state index in [1.54, 1.807) is 24.3 Å². The maximum absolute atomic E-state index is 11.7. The van der Waals surface area contributed by atoms with Gasteiger partial charge in [0.25, 0.3) is 0 Å². The molecule has 0 saturated heterocycles. The highest BCUT2D eigenvalue weighted by atomic mass is 35.5. The molecule has 0 heterocycles. The van der Waals surface area contributed by atoms with Crippen molar-refractivity contribution in [3.63, 3.8) is 0 Å². The Balaban J connectivity index is 2.57. The van der Waals surface area contributed by atoms with Gasteiger partial charge in [0.2, 0.25) is 0 Å². The van der Waals surface area contributed by atoms with E-state index in [2.05, 4.69) is 6.92 Å². The second-order valence-corrected chi connectivity index (χ2v) is 4.12. The van der Waals surface area contributed by atoms with E-state index in [0.717, 1.165) is 12.8 Å². The lowest BCUT2D eigenvalue weighted by molar-refractivity contribution is 0.0973. The lowest BCUT2D eigenvalue weighted by Gasteiger charge is -2.08. The average Bonchev–Trinajstić information content (AvgIpc) is 2.18. The number of ketones is 1. The van der Waals surface area contributed by atoms with Crippen LogP contribution in [-0.2, 0) is 0 Å². The lowest BCUT2D eigenvalue weighted by Crippen LogP contribution is -2.23. The molecule has 0 aliphatic carbocycles. The molecule has 1 rings (SSSR count). The first-order valence-corrected chi connectivity index (χ1v) is 5.55. The van der Waals surface area contributed by atoms with Crippen LogP contribution in [0.2, 0.25) is 5.02 Å². The largest absolute Gasteiger partial charge is 0.327 e. The zero-order valence-corrected chi connectivity index (χ0v) is 9.63. The maximum Gasteiger partial charge on any atom is 0.164 e. The van der Waals surface area contributed by atoms with Gasteiger partial charge in [-0.2, -0.15) is 0 Å². The van der Waals surface area contributed by atoms with Gasteiger partial charge in [-0.1, -0.05) is 24.9 Å². The van der Waals surface area contributed by atoms with E-state index in [4.69, 9.17) is 17.3 Å². The summed E-state index contributed by atoms with van der Waals surface area (Å²) >= 11 is 5.74. The number of halogens is 1. The van der Waals surface area contributed by atoms with Gasteiger partial charge in [0.05, 0.1) is 0 Å². The fourth-order valence-corrected chi connectivity index (χ4v) is 1.59. The van der Waals surface area contributed by atoms with Crippen molar-refractivity contribution >= 4 is 17.4 Å². The fourth-order valence-electron chi connectivity index (χ4n) is 1.46. The average molecular weight is 226 g/mol. The van der Waals surface area contributed by atoms with Crippen LogP contribution in [0.15, 0.2) is 24.3 Å². The Morgan fingerprint density at radius 2 is 2.00 bits per heavy atom. The van der Waals surface area contributed by atoms with Gasteiger partial charge in [0.15, 0.2) is 5.78 Å². The summed E-state index contributed by atoms with van der Waals surface area (Å²) in [6.45, 7) is 2.06. The number of nitrogens with two attached hydrogens (primary N) is 1. The molecule has 0 saturated carbocycles. The van der Waals surface area contributed by atoms with Gasteiger partial charge in [0.1, 0.15) is 0 Å². The Morgan fingerprint density at radius 3 is 2.53 bits per heavy atom. The van der Waals surface area contributed by atoms with Gasteiger partial charge in [-0.15, -0.1) is 0 Å². The number of Topliss-reactive ketones (excluding diaryl/α,β-unsaturated/α-hetero) is 1. The Kier molecular flexibility index (Phi) is 4.79. The van der Waals surface area contributed by atoms with E-state index >= 15 is 0 Å². The monoisotopic (exact) mass is 225 g/mol. The standard InChI is InChI=1S/C12H16ClNO/c1-2-3-11(14)8-12(15)9-4-6-10(13)7-5-9/h4-7,11H,2-3,8,14H2,1H3. The van der Waals surface area contributed by atoms with Crippen LogP contribution < -0.4 is 5.73 Å². The molecule has 0 amide bonds. The fraction of sp³-hybridized carbons (Fsp3) is 0.417. The van der Waals surface area contributed by atoms with E-state index in [1.165, 1.54) is 0 Å². The molecule has 0 fully saturated rings. The quantitative estimate of drug-likeness (QED) is 0.783. The smallest absolute Gasteiger partial charge is 0.164 e. The van der Waals surface area contributed by atoms with Crippen LogP contribution in [0, 0.1) is 0 Å². The van der Waals surface area contributed by atoms with Gasteiger partial charge in [-0.3, -0.25) is 4.79 Å². The SMILES string of the molecule is CCCC(N)CC(=O)c1ccc(Cl)cc1. The number of benzene rings is 1. The number of rotatable bonds is 5. The third kappa shape index (κ3) is 4.02. The third-order valence-corrected chi connectivity index (χ3v) is 2.53. The highest BCUT2D eigenvalue weighted by Gasteiger charge is 2.10. The van der Waals surface area contributed by atoms with Crippen molar-refractivity contribution in [1.29, 1.82) is 0 Å². The first-order chi connectivity index (χ1) is 7.13. The van der Waals surface area contributed by atoms with Crippen molar-refractivity contribution in [2.45, 2.75) is 32.2 Å². The van der Waals surface area contributed by atoms with E-state index in [0.29, 0.717) is 17.0 Å². The summed E-state index contributed by atoms with van der Waals surface area (Å²) in [5, 5.41) is 0.643. The Labute approximate surface area is 95.4 Å². The van der Waals surface area contributed by atoms with E-state index in [1.807, 2.05) is 0 Å². The maximum atomic E-state index is 11.7. The molecule has 15 heavy (non-hydrogen) atoms. The summed E-state index contributed by atoms with van der Waals surface area (Å²) in [6.07, 6.45) is 2.31. The number of carbonyl (C=O) groups is 1. The third-order valence-electron chi connectivity index (χ3n) is 2.27. The number of hydrogen-bond donors (Lipinski definition) is 1. The van der Waals surface area contributed by atoms with Crippen LogP contribution in [0.3, 0.4) is 0 Å². The molecule has 0 aromatic heterocycles. The molecule has 2 N–H and O–H groups in total.